The first kappa shape index (κ1) is 19.4. The number of halogens is 3. The largest absolute Gasteiger partial charge is 0.416 e. The summed E-state index contributed by atoms with van der Waals surface area (Å²) >= 11 is 0. The highest BCUT2D eigenvalue weighted by Gasteiger charge is 2.35. The van der Waals surface area contributed by atoms with Crippen molar-refractivity contribution in [2.75, 3.05) is 12.4 Å². The average molecular weight is 369 g/mol. The van der Waals surface area contributed by atoms with Crippen LogP contribution < -0.4 is 10.6 Å². The number of carbonyl (C=O) groups is 2. The maximum Gasteiger partial charge on any atom is 0.416 e. The zero-order chi connectivity index (χ0) is 19.5. The summed E-state index contributed by atoms with van der Waals surface area (Å²) < 4.78 is 39.9. The molecule has 2 N–H and O–H groups in total. The molecule has 1 aromatic carbocycles. The number of carbonyl (C=O) groups excluding carboxylic acids is 2. The van der Waals surface area contributed by atoms with Gasteiger partial charge in [-0.15, -0.1) is 5.10 Å². The number of hydrogen-bond acceptors (Lipinski definition) is 4. The third-order valence-corrected chi connectivity index (χ3v) is 3.83. The van der Waals surface area contributed by atoms with Crippen LogP contribution in [0.3, 0.4) is 0 Å². The summed E-state index contributed by atoms with van der Waals surface area (Å²) in [5, 5.41) is 8.81. The summed E-state index contributed by atoms with van der Waals surface area (Å²) in [7, 11) is 1.47. The van der Waals surface area contributed by atoms with Gasteiger partial charge in [0.1, 0.15) is 12.9 Å². The zero-order valence-electron chi connectivity index (χ0n) is 14.4. The summed E-state index contributed by atoms with van der Waals surface area (Å²) in [6, 6.07) is 4.59. The van der Waals surface area contributed by atoms with E-state index >= 15 is 0 Å². The Kier molecular flexibility index (Phi) is 5.33. The number of anilines is 1. The molecular formula is C16H18F3N5O2. The van der Waals surface area contributed by atoms with Crippen LogP contribution in [-0.2, 0) is 27.7 Å². The molecule has 7 nitrogen and oxygen atoms in total. The Balaban J connectivity index is 2.17. The molecule has 10 heteroatoms. The fourth-order valence-corrected chi connectivity index (χ4v) is 2.13. The van der Waals surface area contributed by atoms with Crippen LogP contribution >= 0.6 is 0 Å². The lowest BCUT2D eigenvalue weighted by molar-refractivity contribution is -0.137. The standard InChI is InChI=1S/C16H18F3N5O2/c1-15(2,10-5-4-6-11(7-10)16(17,18)19)13(26)22-14-21-9-24(23-14)8-12(25)20-3/h4-7,9H,8H2,1-3H3,(H,20,25)(H,22,23,26). The minimum atomic E-state index is -4.50. The molecule has 0 atom stereocenters. The maximum absolute atomic E-state index is 12.9. The van der Waals surface area contributed by atoms with Crippen molar-refractivity contribution in [3.8, 4) is 0 Å². The van der Waals surface area contributed by atoms with Gasteiger partial charge in [0.25, 0.3) is 0 Å². The third-order valence-electron chi connectivity index (χ3n) is 3.83. The number of hydrogen-bond donors (Lipinski definition) is 2. The molecule has 0 radical (unpaired) electrons. The molecule has 0 saturated heterocycles. The highest BCUT2D eigenvalue weighted by molar-refractivity contribution is 5.97. The highest BCUT2D eigenvalue weighted by Crippen LogP contribution is 2.33. The number of aromatic nitrogens is 3. The Morgan fingerprint density at radius 1 is 1.19 bits per heavy atom. The first-order valence-corrected chi connectivity index (χ1v) is 7.63. The minimum absolute atomic E-state index is 0.0426. The average Bonchev–Trinajstić information content (AvgIpc) is 3.00. The first-order chi connectivity index (χ1) is 12.0. The van der Waals surface area contributed by atoms with E-state index in [4.69, 9.17) is 0 Å². The molecule has 0 spiro atoms. The van der Waals surface area contributed by atoms with Crippen molar-refractivity contribution in [1.82, 2.24) is 20.1 Å². The molecule has 0 aliphatic carbocycles. The van der Waals surface area contributed by atoms with Crippen molar-refractivity contribution in [2.45, 2.75) is 32.0 Å². The number of benzene rings is 1. The minimum Gasteiger partial charge on any atom is -0.358 e. The van der Waals surface area contributed by atoms with Crippen LogP contribution in [0, 0.1) is 0 Å². The monoisotopic (exact) mass is 369 g/mol. The van der Waals surface area contributed by atoms with E-state index in [0.29, 0.717) is 0 Å². The topological polar surface area (TPSA) is 88.9 Å². The van der Waals surface area contributed by atoms with E-state index in [1.165, 1.54) is 44.0 Å². The molecule has 0 aliphatic rings. The van der Waals surface area contributed by atoms with Gasteiger partial charge in [0.2, 0.25) is 17.8 Å². The summed E-state index contributed by atoms with van der Waals surface area (Å²) in [5.41, 5.74) is -1.88. The molecule has 0 aliphatic heterocycles. The van der Waals surface area contributed by atoms with E-state index in [-0.39, 0.29) is 24.0 Å². The van der Waals surface area contributed by atoms with Crippen LogP contribution in [0.1, 0.15) is 25.0 Å². The van der Waals surface area contributed by atoms with Gasteiger partial charge in [-0.25, -0.2) is 9.67 Å². The summed E-state index contributed by atoms with van der Waals surface area (Å²) in [5.74, 6) is -0.912. The zero-order valence-corrected chi connectivity index (χ0v) is 14.4. The van der Waals surface area contributed by atoms with Crippen LogP contribution in [0.4, 0.5) is 19.1 Å². The maximum atomic E-state index is 12.9. The van der Waals surface area contributed by atoms with Gasteiger partial charge in [-0.1, -0.05) is 18.2 Å². The van der Waals surface area contributed by atoms with E-state index in [9.17, 15) is 22.8 Å². The van der Waals surface area contributed by atoms with Crippen molar-refractivity contribution >= 4 is 17.8 Å². The lowest BCUT2D eigenvalue weighted by Crippen LogP contribution is -2.35. The van der Waals surface area contributed by atoms with Crippen LogP contribution in [0.25, 0.3) is 0 Å². The molecule has 140 valence electrons. The summed E-state index contributed by atoms with van der Waals surface area (Å²) in [6.07, 6.45) is -3.23. The molecule has 1 aromatic heterocycles. The van der Waals surface area contributed by atoms with E-state index in [2.05, 4.69) is 20.7 Å². The molecule has 0 unspecified atom stereocenters. The van der Waals surface area contributed by atoms with E-state index < -0.39 is 23.1 Å². The molecule has 1 heterocycles. The molecule has 0 bridgehead atoms. The van der Waals surface area contributed by atoms with Gasteiger partial charge < -0.3 is 5.32 Å². The van der Waals surface area contributed by atoms with Gasteiger partial charge in [0, 0.05) is 7.05 Å². The summed E-state index contributed by atoms with van der Waals surface area (Å²) in [6.45, 7) is 2.93. The number of nitrogens with zero attached hydrogens (tertiary/aromatic N) is 3. The molecule has 2 amide bonds. The van der Waals surface area contributed by atoms with Gasteiger partial charge in [0.05, 0.1) is 11.0 Å². The van der Waals surface area contributed by atoms with E-state index in [1.54, 1.807) is 0 Å². The molecular weight excluding hydrogens is 351 g/mol. The SMILES string of the molecule is CNC(=O)Cn1cnc(NC(=O)C(C)(C)c2cccc(C(F)(F)F)c2)n1. The molecule has 2 rings (SSSR count). The second-order valence-corrected chi connectivity index (χ2v) is 6.10. The Morgan fingerprint density at radius 2 is 1.85 bits per heavy atom. The second-order valence-electron chi connectivity index (χ2n) is 6.10. The van der Waals surface area contributed by atoms with Gasteiger partial charge in [-0.2, -0.15) is 13.2 Å². The Labute approximate surface area is 147 Å². The van der Waals surface area contributed by atoms with Gasteiger partial charge in [-0.05, 0) is 25.5 Å². The number of likely N-dealkylation sites (N-methyl/N-ethyl adjacent to an activating group) is 1. The second kappa shape index (κ2) is 7.14. The van der Waals surface area contributed by atoms with Crippen molar-refractivity contribution in [3.05, 3.63) is 41.7 Å². The Morgan fingerprint density at radius 3 is 2.46 bits per heavy atom. The first-order valence-electron chi connectivity index (χ1n) is 7.63. The van der Waals surface area contributed by atoms with Crippen molar-refractivity contribution in [1.29, 1.82) is 0 Å². The van der Waals surface area contributed by atoms with Gasteiger partial charge in [0.15, 0.2) is 0 Å². The highest BCUT2D eigenvalue weighted by atomic mass is 19.4. The van der Waals surface area contributed by atoms with Crippen molar-refractivity contribution in [2.24, 2.45) is 0 Å². The predicted octanol–water partition coefficient (Wildman–Crippen LogP) is 1.96. The number of rotatable bonds is 5. The smallest absolute Gasteiger partial charge is 0.358 e. The fraction of sp³-hybridized carbons (Fsp3) is 0.375. The number of nitrogens with one attached hydrogen (secondary N) is 2. The lowest BCUT2D eigenvalue weighted by atomic mass is 9.83. The van der Waals surface area contributed by atoms with Crippen molar-refractivity contribution < 1.29 is 22.8 Å². The van der Waals surface area contributed by atoms with E-state index in [0.717, 1.165) is 12.1 Å². The van der Waals surface area contributed by atoms with E-state index in [1.807, 2.05) is 0 Å². The molecule has 2 aromatic rings. The van der Waals surface area contributed by atoms with Gasteiger partial charge in [-0.3, -0.25) is 14.9 Å². The fourth-order valence-electron chi connectivity index (χ4n) is 2.13. The molecule has 0 fully saturated rings. The van der Waals surface area contributed by atoms with Crippen molar-refractivity contribution in [3.63, 3.8) is 0 Å². The number of amides is 2. The van der Waals surface area contributed by atoms with Crippen LogP contribution in [0.5, 0.6) is 0 Å². The number of alkyl halides is 3. The normalized spacial score (nSPS) is 11.9. The van der Waals surface area contributed by atoms with Crippen LogP contribution in [-0.4, -0.2) is 33.6 Å². The quantitative estimate of drug-likeness (QED) is 0.843. The van der Waals surface area contributed by atoms with Crippen LogP contribution in [0.15, 0.2) is 30.6 Å². The van der Waals surface area contributed by atoms with Gasteiger partial charge >= 0.3 is 6.18 Å². The van der Waals surface area contributed by atoms with Crippen LogP contribution in [0.2, 0.25) is 0 Å². The lowest BCUT2D eigenvalue weighted by Gasteiger charge is -2.24. The Bertz CT molecular complexity index is 814. The summed E-state index contributed by atoms with van der Waals surface area (Å²) in [4.78, 5) is 27.7. The predicted molar refractivity (Wildman–Crippen MR) is 87.2 cm³/mol. The Hall–Kier alpha value is -2.91. The molecule has 26 heavy (non-hydrogen) atoms. The third kappa shape index (κ3) is 4.38. The molecule has 0 saturated carbocycles.